The van der Waals surface area contributed by atoms with E-state index in [4.69, 9.17) is 5.11 Å². The fourth-order valence-electron chi connectivity index (χ4n) is 2.37. The summed E-state index contributed by atoms with van der Waals surface area (Å²) in [5, 5.41) is 8.95. The van der Waals surface area contributed by atoms with Gasteiger partial charge in [-0.05, 0) is 37.5 Å². The van der Waals surface area contributed by atoms with E-state index in [1.807, 2.05) is 0 Å². The predicted molar refractivity (Wildman–Crippen MR) is 76.0 cm³/mol. The number of hydrogen-bond acceptors (Lipinski definition) is 4. The minimum atomic E-state index is -3.84. The van der Waals surface area contributed by atoms with Crippen molar-refractivity contribution in [2.45, 2.75) is 24.7 Å². The third-order valence-electron chi connectivity index (χ3n) is 3.54. The van der Waals surface area contributed by atoms with Gasteiger partial charge in [0.25, 0.3) is 0 Å². The largest absolute Gasteiger partial charge is 0.478 e. The van der Waals surface area contributed by atoms with E-state index < -0.39 is 27.5 Å². The Morgan fingerprint density at radius 3 is 2.43 bits per heavy atom. The molecular weight excluding hydrogens is 294 g/mol. The van der Waals surface area contributed by atoms with Gasteiger partial charge in [0, 0.05) is 13.1 Å². The molecule has 0 aliphatic carbocycles. The van der Waals surface area contributed by atoms with Crippen LogP contribution in [-0.2, 0) is 14.6 Å². The van der Waals surface area contributed by atoms with E-state index >= 15 is 0 Å². The number of likely N-dealkylation sites (tertiary alicyclic amines) is 1. The Hall–Kier alpha value is -1.89. The van der Waals surface area contributed by atoms with Gasteiger partial charge in [0.05, 0.1) is 10.5 Å². The number of carbonyl (C=O) groups is 2. The van der Waals surface area contributed by atoms with Crippen LogP contribution < -0.4 is 0 Å². The second-order valence-electron chi connectivity index (χ2n) is 5.13. The maximum atomic E-state index is 12.4. The van der Waals surface area contributed by atoms with Gasteiger partial charge < -0.3 is 10.0 Å². The average Bonchev–Trinajstić information content (AvgIpc) is 2.92. The molecule has 1 aliphatic rings. The SMILES string of the molecule is Cc1ccc(C(=O)O)cc1S(=O)(=O)CC(=O)N1CCCC1. The summed E-state index contributed by atoms with van der Waals surface area (Å²) >= 11 is 0. The fraction of sp³-hybridized carbons (Fsp3) is 0.429. The van der Waals surface area contributed by atoms with Crippen LogP contribution in [0.3, 0.4) is 0 Å². The molecule has 0 spiro atoms. The van der Waals surface area contributed by atoms with E-state index in [2.05, 4.69) is 0 Å². The first-order valence-corrected chi connectivity index (χ1v) is 8.31. The number of sulfone groups is 1. The Bertz CT molecular complexity index is 675. The lowest BCUT2D eigenvalue weighted by Crippen LogP contribution is -2.33. The minimum absolute atomic E-state index is 0.0880. The molecule has 114 valence electrons. The second kappa shape index (κ2) is 5.85. The molecule has 0 saturated carbocycles. The lowest BCUT2D eigenvalue weighted by molar-refractivity contribution is -0.127. The molecule has 0 unspecified atom stereocenters. The number of rotatable bonds is 4. The van der Waals surface area contributed by atoms with Crippen LogP contribution in [0.4, 0.5) is 0 Å². The van der Waals surface area contributed by atoms with Gasteiger partial charge in [-0.15, -0.1) is 0 Å². The number of carboxylic acid groups (broad SMARTS) is 1. The van der Waals surface area contributed by atoms with Crippen LogP contribution in [0.2, 0.25) is 0 Å². The molecular formula is C14H17NO5S. The molecule has 7 heteroatoms. The van der Waals surface area contributed by atoms with Gasteiger partial charge in [-0.3, -0.25) is 4.79 Å². The number of nitrogens with zero attached hydrogens (tertiary/aromatic N) is 1. The summed E-state index contributed by atoms with van der Waals surface area (Å²) in [5.41, 5.74) is 0.335. The molecule has 0 radical (unpaired) electrons. The van der Waals surface area contributed by atoms with E-state index in [-0.39, 0.29) is 10.5 Å². The highest BCUT2D eigenvalue weighted by Gasteiger charge is 2.27. The van der Waals surface area contributed by atoms with Gasteiger partial charge in [0.1, 0.15) is 5.75 Å². The van der Waals surface area contributed by atoms with Crippen LogP contribution in [0.5, 0.6) is 0 Å². The third kappa shape index (κ3) is 3.41. The maximum Gasteiger partial charge on any atom is 0.335 e. The first-order chi connectivity index (χ1) is 9.81. The van der Waals surface area contributed by atoms with Gasteiger partial charge in [-0.2, -0.15) is 0 Å². The molecule has 0 atom stereocenters. The van der Waals surface area contributed by atoms with Crippen molar-refractivity contribution < 1.29 is 23.1 Å². The highest BCUT2D eigenvalue weighted by molar-refractivity contribution is 7.92. The van der Waals surface area contributed by atoms with Crippen molar-refractivity contribution in [2.75, 3.05) is 18.8 Å². The van der Waals surface area contributed by atoms with E-state index in [9.17, 15) is 18.0 Å². The molecule has 1 saturated heterocycles. The Balaban J connectivity index is 2.28. The van der Waals surface area contributed by atoms with Crippen molar-refractivity contribution in [3.05, 3.63) is 29.3 Å². The summed E-state index contributed by atoms with van der Waals surface area (Å²) in [7, 11) is -3.84. The summed E-state index contributed by atoms with van der Waals surface area (Å²) in [6.45, 7) is 2.75. The lowest BCUT2D eigenvalue weighted by atomic mass is 10.1. The zero-order chi connectivity index (χ0) is 15.6. The fourth-order valence-corrected chi connectivity index (χ4v) is 3.89. The highest BCUT2D eigenvalue weighted by atomic mass is 32.2. The van der Waals surface area contributed by atoms with Gasteiger partial charge >= 0.3 is 5.97 Å². The van der Waals surface area contributed by atoms with Crippen molar-refractivity contribution in [2.24, 2.45) is 0 Å². The third-order valence-corrected chi connectivity index (χ3v) is 5.28. The molecule has 1 aliphatic heterocycles. The average molecular weight is 311 g/mol. The zero-order valence-electron chi connectivity index (χ0n) is 11.7. The first-order valence-electron chi connectivity index (χ1n) is 6.66. The molecule has 0 aromatic heterocycles. The molecule has 0 bridgehead atoms. The van der Waals surface area contributed by atoms with Gasteiger partial charge in [0.15, 0.2) is 9.84 Å². The molecule has 1 amide bonds. The Labute approximate surface area is 123 Å². The smallest absolute Gasteiger partial charge is 0.335 e. The van der Waals surface area contributed by atoms with Gasteiger partial charge in [-0.25, -0.2) is 13.2 Å². The highest BCUT2D eigenvalue weighted by Crippen LogP contribution is 2.20. The van der Waals surface area contributed by atoms with Crippen molar-refractivity contribution >= 4 is 21.7 Å². The van der Waals surface area contributed by atoms with E-state index in [0.29, 0.717) is 18.7 Å². The maximum absolute atomic E-state index is 12.4. The number of amides is 1. The Morgan fingerprint density at radius 2 is 1.86 bits per heavy atom. The molecule has 2 rings (SSSR count). The summed E-state index contributed by atoms with van der Waals surface area (Å²) in [5.74, 6) is -2.23. The van der Waals surface area contributed by atoms with Crippen LogP contribution in [-0.4, -0.2) is 49.1 Å². The predicted octanol–water partition coefficient (Wildman–Crippen LogP) is 1.09. The van der Waals surface area contributed by atoms with Crippen LogP contribution in [0.1, 0.15) is 28.8 Å². The normalized spacial score (nSPS) is 15.2. The lowest BCUT2D eigenvalue weighted by Gasteiger charge is -2.16. The number of aromatic carboxylic acids is 1. The number of hydrogen-bond donors (Lipinski definition) is 1. The monoisotopic (exact) mass is 311 g/mol. The topological polar surface area (TPSA) is 91.7 Å². The summed E-state index contributed by atoms with van der Waals surface area (Å²) in [4.78, 5) is 24.4. The van der Waals surface area contributed by atoms with Gasteiger partial charge in [-0.1, -0.05) is 6.07 Å². The zero-order valence-corrected chi connectivity index (χ0v) is 12.5. The van der Waals surface area contributed by atoms with Crippen LogP contribution in [0, 0.1) is 6.92 Å². The van der Waals surface area contributed by atoms with Crippen LogP contribution in [0.15, 0.2) is 23.1 Å². The van der Waals surface area contributed by atoms with Crippen molar-refractivity contribution in [3.8, 4) is 0 Å². The Kier molecular flexibility index (Phi) is 4.32. The van der Waals surface area contributed by atoms with E-state index in [1.54, 1.807) is 6.92 Å². The molecule has 1 heterocycles. The minimum Gasteiger partial charge on any atom is -0.478 e. The number of aryl methyl sites for hydroxylation is 1. The molecule has 1 aromatic carbocycles. The number of carboxylic acids is 1. The van der Waals surface area contributed by atoms with Crippen LogP contribution >= 0.6 is 0 Å². The van der Waals surface area contributed by atoms with E-state index in [1.165, 1.54) is 17.0 Å². The summed E-state index contributed by atoms with van der Waals surface area (Å²) < 4.78 is 24.7. The standard InChI is InChI=1S/C14H17NO5S/c1-10-4-5-11(14(17)18)8-12(10)21(19,20)9-13(16)15-6-2-3-7-15/h4-5,8H,2-3,6-7,9H2,1H3,(H,17,18). The summed E-state index contributed by atoms with van der Waals surface area (Å²) in [6, 6.07) is 3.90. The molecule has 6 nitrogen and oxygen atoms in total. The molecule has 1 fully saturated rings. The summed E-state index contributed by atoms with van der Waals surface area (Å²) in [6.07, 6.45) is 1.78. The molecule has 1 N–H and O–H groups in total. The van der Waals surface area contributed by atoms with Crippen molar-refractivity contribution in [1.82, 2.24) is 4.90 Å². The quantitative estimate of drug-likeness (QED) is 0.898. The van der Waals surface area contributed by atoms with Crippen molar-refractivity contribution in [1.29, 1.82) is 0 Å². The second-order valence-corrected chi connectivity index (χ2v) is 7.09. The molecule has 1 aromatic rings. The first kappa shape index (κ1) is 15.5. The van der Waals surface area contributed by atoms with Crippen LogP contribution in [0.25, 0.3) is 0 Å². The Morgan fingerprint density at radius 1 is 1.24 bits per heavy atom. The number of carbonyl (C=O) groups excluding carboxylic acids is 1. The molecule has 21 heavy (non-hydrogen) atoms. The van der Waals surface area contributed by atoms with E-state index in [0.717, 1.165) is 18.9 Å². The van der Waals surface area contributed by atoms with Crippen molar-refractivity contribution in [3.63, 3.8) is 0 Å². The number of benzene rings is 1. The van der Waals surface area contributed by atoms with Gasteiger partial charge in [0.2, 0.25) is 5.91 Å².